The molecule has 32 heavy (non-hydrogen) atoms. The molecule has 0 aliphatic rings. The Morgan fingerprint density at radius 2 is 1.03 bits per heavy atom. The lowest BCUT2D eigenvalue weighted by Gasteiger charge is -2.09. The summed E-state index contributed by atoms with van der Waals surface area (Å²) in [5, 5.41) is 42.2. The molecule has 0 spiro atoms. The molecule has 0 heterocycles. The predicted molar refractivity (Wildman–Crippen MR) is 112 cm³/mol. The van der Waals surface area contributed by atoms with E-state index in [-0.39, 0.29) is 33.6 Å². The van der Waals surface area contributed by atoms with Gasteiger partial charge in [-0.1, -0.05) is 0 Å². The van der Waals surface area contributed by atoms with Gasteiger partial charge in [0.2, 0.25) is 0 Å². The van der Waals surface area contributed by atoms with E-state index >= 15 is 0 Å². The van der Waals surface area contributed by atoms with Crippen molar-refractivity contribution < 1.29 is 39.6 Å². The van der Waals surface area contributed by atoms with Crippen molar-refractivity contribution in [2.75, 3.05) is 10.6 Å². The van der Waals surface area contributed by atoms with Gasteiger partial charge in [-0.25, -0.2) is 9.59 Å². The van der Waals surface area contributed by atoms with E-state index in [9.17, 15) is 29.4 Å². The topological polar surface area (TPSA) is 173 Å². The second-order valence-corrected chi connectivity index (χ2v) is 6.56. The quantitative estimate of drug-likeness (QED) is 0.320. The van der Waals surface area contributed by atoms with E-state index in [1.165, 1.54) is 36.4 Å². The number of hydrogen-bond acceptors (Lipinski definition) is 6. The number of rotatable bonds is 6. The van der Waals surface area contributed by atoms with Gasteiger partial charge in [0.15, 0.2) is 0 Å². The molecule has 0 unspecified atom stereocenters. The second kappa shape index (κ2) is 8.88. The smallest absolute Gasteiger partial charge is 0.339 e. The fraction of sp³-hybridized carbons (Fsp3) is 0. The van der Waals surface area contributed by atoms with Crippen molar-refractivity contribution >= 4 is 35.1 Å². The lowest BCUT2D eigenvalue weighted by Crippen LogP contribution is -2.14. The maximum Gasteiger partial charge on any atom is 0.339 e. The molecule has 0 bridgehead atoms. The van der Waals surface area contributed by atoms with Gasteiger partial charge in [0.05, 0.1) is 0 Å². The summed E-state index contributed by atoms with van der Waals surface area (Å²) in [5.41, 5.74) is 0.0633. The number of carboxylic acid groups (broad SMARTS) is 2. The van der Waals surface area contributed by atoms with Gasteiger partial charge in [-0.15, -0.1) is 0 Å². The molecule has 0 saturated carbocycles. The van der Waals surface area contributed by atoms with Crippen molar-refractivity contribution in [2.24, 2.45) is 0 Å². The molecule has 0 aliphatic heterocycles. The number of aromatic carboxylic acids is 2. The van der Waals surface area contributed by atoms with Gasteiger partial charge in [-0.3, -0.25) is 9.59 Å². The number of aromatic hydroxyl groups is 2. The monoisotopic (exact) mass is 436 g/mol. The van der Waals surface area contributed by atoms with Gasteiger partial charge in [-0.05, 0) is 54.6 Å². The number of carbonyl (C=O) groups is 4. The average Bonchev–Trinajstić information content (AvgIpc) is 2.74. The minimum absolute atomic E-state index is 0.164. The van der Waals surface area contributed by atoms with Crippen molar-refractivity contribution in [3.05, 3.63) is 82.9 Å². The van der Waals surface area contributed by atoms with Crippen molar-refractivity contribution in [3.8, 4) is 11.5 Å². The number of anilines is 2. The zero-order chi connectivity index (χ0) is 23.4. The molecule has 0 saturated heterocycles. The molecular weight excluding hydrogens is 420 g/mol. The normalized spacial score (nSPS) is 10.2. The molecule has 0 atom stereocenters. The van der Waals surface area contributed by atoms with Crippen LogP contribution in [0.25, 0.3) is 0 Å². The van der Waals surface area contributed by atoms with Crippen LogP contribution in [0.15, 0.2) is 60.7 Å². The summed E-state index contributed by atoms with van der Waals surface area (Å²) in [6.45, 7) is 0. The van der Waals surface area contributed by atoms with E-state index in [1.54, 1.807) is 0 Å². The third-order valence-corrected chi connectivity index (χ3v) is 4.38. The summed E-state index contributed by atoms with van der Waals surface area (Å²) in [4.78, 5) is 46.7. The molecule has 10 nitrogen and oxygen atoms in total. The summed E-state index contributed by atoms with van der Waals surface area (Å²) in [5.74, 6) is -4.70. The summed E-state index contributed by atoms with van der Waals surface area (Å²) in [6.07, 6.45) is 0. The van der Waals surface area contributed by atoms with E-state index in [1.807, 2.05) is 0 Å². The van der Waals surface area contributed by atoms with Gasteiger partial charge in [0, 0.05) is 28.6 Å². The van der Waals surface area contributed by atoms with E-state index in [0.29, 0.717) is 0 Å². The first-order valence-corrected chi connectivity index (χ1v) is 9.01. The lowest BCUT2D eigenvalue weighted by atomic mass is 10.1. The molecule has 3 rings (SSSR count). The zero-order valence-electron chi connectivity index (χ0n) is 16.2. The highest BCUT2D eigenvalue weighted by molar-refractivity contribution is 6.07. The molecule has 0 fully saturated rings. The van der Waals surface area contributed by atoms with Crippen LogP contribution in [-0.2, 0) is 0 Å². The number of hydrogen-bond donors (Lipinski definition) is 6. The molecule has 3 aromatic carbocycles. The maximum atomic E-state index is 12.4. The molecule has 3 aromatic rings. The van der Waals surface area contributed by atoms with Crippen LogP contribution in [0.1, 0.15) is 41.4 Å². The lowest BCUT2D eigenvalue weighted by molar-refractivity contribution is 0.0682. The standard InChI is InChI=1S/C22H16N2O8/c25-17-8-6-13(9-16(17)22(31)32)23-19(27)11-1-3-12(4-2-11)20(28)24-14-5-7-15(21(29)30)18(26)10-14/h1-10,25-26H,(H,23,27)(H,24,28)(H,29,30)(H,31,32). The number of carboxylic acids is 2. The van der Waals surface area contributed by atoms with Gasteiger partial charge >= 0.3 is 11.9 Å². The SMILES string of the molecule is O=C(Nc1ccc(C(=O)O)c(O)c1)c1ccc(C(=O)Nc2ccc(O)c(C(=O)O)c2)cc1. The number of carbonyl (C=O) groups excluding carboxylic acids is 2. The first kappa shape index (κ1) is 21.8. The van der Waals surface area contributed by atoms with Crippen molar-refractivity contribution in [3.63, 3.8) is 0 Å². The van der Waals surface area contributed by atoms with Gasteiger partial charge in [-0.2, -0.15) is 0 Å². The van der Waals surface area contributed by atoms with Crippen molar-refractivity contribution in [1.29, 1.82) is 0 Å². The van der Waals surface area contributed by atoms with E-state index in [2.05, 4.69) is 10.6 Å². The minimum Gasteiger partial charge on any atom is -0.507 e. The van der Waals surface area contributed by atoms with Crippen LogP contribution in [0.4, 0.5) is 11.4 Å². The molecule has 6 N–H and O–H groups in total. The number of phenols is 2. The Morgan fingerprint density at radius 3 is 1.50 bits per heavy atom. The highest BCUT2D eigenvalue weighted by Gasteiger charge is 2.14. The van der Waals surface area contributed by atoms with Crippen LogP contribution in [0.3, 0.4) is 0 Å². The highest BCUT2D eigenvalue weighted by Crippen LogP contribution is 2.23. The average molecular weight is 436 g/mol. The van der Waals surface area contributed by atoms with Gasteiger partial charge < -0.3 is 31.1 Å². The molecule has 0 radical (unpaired) electrons. The first-order valence-electron chi connectivity index (χ1n) is 9.01. The Hall–Kier alpha value is -4.86. The Kier molecular flexibility index (Phi) is 6.06. The predicted octanol–water partition coefficient (Wildman–Crippen LogP) is 3.00. The van der Waals surface area contributed by atoms with Crippen molar-refractivity contribution in [1.82, 2.24) is 0 Å². The van der Waals surface area contributed by atoms with Gasteiger partial charge in [0.1, 0.15) is 22.6 Å². The largest absolute Gasteiger partial charge is 0.507 e. The van der Waals surface area contributed by atoms with Crippen LogP contribution in [0, 0.1) is 0 Å². The fourth-order valence-electron chi connectivity index (χ4n) is 2.75. The van der Waals surface area contributed by atoms with Crippen LogP contribution >= 0.6 is 0 Å². The Balaban J connectivity index is 1.69. The summed E-state index contributed by atoms with van der Waals surface area (Å²) in [6, 6.07) is 12.7. The highest BCUT2D eigenvalue weighted by atomic mass is 16.4. The van der Waals surface area contributed by atoms with Crippen LogP contribution in [-0.4, -0.2) is 44.2 Å². The Labute approximate surface area is 180 Å². The molecule has 0 aliphatic carbocycles. The first-order chi connectivity index (χ1) is 15.2. The molecule has 10 heteroatoms. The second-order valence-electron chi connectivity index (χ2n) is 6.56. The van der Waals surface area contributed by atoms with Crippen LogP contribution in [0.5, 0.6) is 11.5 Å². The van der Waals surface area contributed by atoms with E-state index in [0.717, 1.165) is 24.3 Å². The summed E-state index contributed by atoms with van der Waals surface area (Å²) >= 11 is 0. The third kappa shape index (κ3) is 4.82. The molecular formula is C22H16N2O8. The van der Waals surface area contributed by atoms with Crippen LogP contribution in [0.2, 0.25) is 0 Å². The number of amides is 2. The zero-order valence-corrected chi connectivity index (χ0v) is 16.2. The Morgan fingerprint density at radius 1 is 0.562 bits per heavy atom. The Bertz CT molecular complexity index is 1240. The summed E-state index contributed by atoms with van der Waals surface area (Å²) < 4.78 is 0. The maximum absolute atomic E-state index is 12.4. The number of benzene rings is 3. The molecule has 2 amide bonds. The summed E-state index contributed by atoms with van der Waals surface area (Å²) in [7, 11) is 0. The number of nitrogens with one attached hydrogen (secondary N) is 2. The van der Waals surface area contributed by atoms with E-state index in [4.69, 9.17) is 10.2 Å². The van der Waals surface area contributed by atoms with Crippen LogP contribution < -0.4 is 10.6 Å². The van der Waals surface area contributed by atoms with Gasteiger partial charge in [0.25, 0.3) is 11.8 Å². The van der Waals surface area contributed by atoms with E-state index < -0.39 is 35.3 Å². The third-order valence-electron chi connectivity index (χ3n) is 4.38. The fourth-order valence-corrected chi connectivity index (χ4v) is 2.75. The molecule has 0 aromatic heterocycles. The van der Waals surface area contributed by atoms with Crippen molar-refractivity contribution in [2.45, 2.75) is 0 Å². The minimum atomic E-state index is -1.35. The molecule has 162 valence electrons.